The van der Waals surface area contributed by atoms with Crippen molar-refractivity contribution in [2.75, 3.05) is 25.4 Å². The first-order chi connectivity index (χ1) is 14.7. The molecule has 30 heavy (non-hydrogen) atoms. The van der Waals surface area contributed by atoms with Gasteiger partial charge in [-0.25, -0.2) is 4.98 Å². The van der Waals surface area contributed by atoms with Crippen LogP contribution in [0.1, 0.15) is 13.3 Å². The summed E-state index contributed by atoms with van der Waals surface area (Å²) in [6, 6.07) is 19.9. The van der Waals surface area contributed by atoms with E-state index in [0.717, 1.165) is 28.9 Å². The van der Waals surface area contributed by atoms with Crippen molar-refractivity contribution in [1.29, 1.82) is 0 Å². The molecule has 0 aliphatic carbocycles. The van der Waals surface area contributed by atoms with E-state index in [1.807, 2.05) is 65.6 Å². The number of ether oxygens (including phenoxy) is 1. The zero-order valence-electron chi connectivity index (χ0n) is 16.9. The van der Waals surface area contributed by atoms with E-state index in [1.165, 1.54) is 11.8 Å². The maximum absolute atomic E-state index is 12.6. The molecule has 1 unspecified atom stereocenters. The van der Waals surface area contributed by atoms with Crippen molar-refractivity contribution in [3.8, 4) is 22.5 Å². The van der Waals surface area contributed by atoms with E-state index in [1.54, 1.807) is 0 Å². The molecule has 0 saturated carbocycles. The summed E-state index contributed by atoms with van der Waals surface area (Å²) in [6.07, 6.45) is 1.03. The number of carbonyl (C=O) groups is 1. The second kappa shape index (κ2) is 9.82. The molecule has 2 heterocycles. The molecule has 0 N–H and O–H groups in total. The van der Waals surface area contributed by atoms with Gasteiger partial charge in [-0.05, 0) is 6.42 Å². The van der Waals surface area contributed by atoms with Crippen molar-refractivity contribution in [3.05, 3.63) is 60.7 Å². The summed E-state index contributed by atoms with van der Waals surface area (Å²) >= 11 is 1.33. The molecule has 154 valence electrons. The first-order valence-electron chi connectivity index (χ1n) is 10.1. The van der Waals surface area contributed by atoms with E-state index in [0.29, 0.717) is 24.9 Å². The van der Waals surface area contributed by atoms with Gasteiger partial charge in [0.05, 0.1) is 18.5 Å². The summed E-state index contributed by atoms with van der Waals surface area (Å²) in [5.41, 5.74) is 3.43. The molecule has 1 fully saturated rings. The Bertz CT molecular complexity index is 985. The highest BCUT2D eigenvalue weighted by Gasteiger charge is 2.23. The molecule has 1 aromatic heterocycles. The lowest BCUT2D eigenvalue weighted by Gasteiger charge is -2.32. The fourth-order valence-electron chi connectivity index (χ4n) is 3.37. The quantitative estimate of drug-likeness (QED) is 0.563. The van der Waals surface area contributed by atoms with E-state index in [-0.39, 0.29) is 17.8 Å². The molecule has 0 spiro atoms. The molecular weight excluding hydrogens is 396 g/mol. The Hall–Kier alpha value is -2.77. The van der Waals surface area contributed by atoms with Gasteiger partial charge in [-0.15, -0.1) is 10.2 Å². The molecule has 6 nitrogen and oxygen atoms in total. The van der Waals surface area contributed by atoms with Crippen LogP contribution in [-0.2, 0) is 9.53 Å². The Morgan fingerprint density at radius 2 is 1.70 bits per heavy atom. The molecule has 4 rings (SSSR count). The smallest absolute Gasteiger partial charge is 0.233 e. The van der Waals surface area contributed by atoms with Crippen molar-refractivity contribution < 1.29 is 9.53 Å². The van der Waals surface area contributed by atoms with Crippen LogP contribution in [0.3, 0.4) is 0 Å². The number of rotatable bonds is 6. The van der Waals surface area contributed by atoms with Gasteiger partial charge in [-0.3, -0.25) is 4.79 Å². The van der Waals surface area contributed by atoms with Crippen LogP contribution in [0.25, 0.3) is 22.5 Å². The fraction of sp³-hybridized carbons (Fsp3) is 0.304. The Labute approximate surface area is 180 Å². The summed E-state index contributed by atoms with van der Waals surface area (Å²) in [7, 11) is 0. The predicted molar refractivity (Wildman–Crippen MR) is 118 cm³/mol. The van der Waals surface area contributed by atoms with Gasteiger partial charge in [0.15, 0.2) is 0 Å². The molecule has 2 aromatic carbocycles. The van der Waals surface area contributed by atoms with Crippen molar-refractivity contribution >= 4 is 17.7 Å². The molecule has 0 radical (unpaired) electrons. The normalized spacial score (nSPS) is 16.4. The van der Waals surface area contributed by atoms with Crippen LogP contribution in [0.5, 0.6) is 0 Å². The average molecular weight is 421 g/mol. The lowest BCUT2D eigenvalue weighted by Crippen LogP contribution is -2.46. The van der Waals surface area contributed by atoms with Crippen molar-refractivity contribution in [2.24, 2.45) is 0 Å². The number of thioether (sulfide) groups is 1. The molecule has 1 atom stereocenters. The maximum Gasteiger partial charge on any atom is 0.233 e. The fourth-order valence-corrected chi connectivity index (χ4v) is 4.06. The van der Waals surface area contributed by atoms with Gasteiger partial charge in [0.25, 0.3) is 0 Å². The van der Waals surface area contributed by atoms with Gasteiger partial charge in [-0.2, -0.15) is 0 Å². The first-order valence-corrected chi connectivity index (χ1v) is 11.1. The van der Waals surface area contributed by atoms with Crippen LogP contribution in [0.15, 0.2) is 65.8 Å². The van der Waals surface area contributed by atoms with E-state index >= 15 is 0 Å². The monoisotopic (exact) mass is 420 g/mol. The highest BCUT2D eigenvalue weighted by Crippen LogP contribution is 2.29. The minimum absolute atomic E-state index is 0.0822. The molecule has 1 amide bonds. The zero-order chi connectivity index (χ0) is 20.8. The third-order valence-electron chi connectivity index (χ3n) is 5.03. The predicted octanol–water partition coefficient (Wildman–Crippen LogP) is 3.94. The third-order valence-corrected chi connectivity index (χ3v) is 5.86. The molecule has 3 aromatic rings. The number of hydrogen-bond acceptors (Lipinski definition) is 6. The Balaban J connectivity index is 1.54. The van der Waals surface area contributed by atoms with Crippen molar-refractivity contribution in [3.63, 3.8) is 0 Å². The lowest BCUT2D eigenvalue weighted by molar-refractivity contribution is -0.135. The van der Waals surface area contributed by atoms with Gasteiger partial charge >= 0.3 is 0 Å². The molecule has 0 bridgehead atoms. The van der Waals surface area contributed by atoms with E-state index in [9.17, 15) is 4.79 Å². The first kappa shape index (κ1) is 20.5. The van der Waals surface area contributed by atoms with Crippen LogP contribution < -0.4 is 0 Å². The third kappa shape index (κ3) is 4.86. The number of carbonyl (C=O) groups excluding carboxylic acids is 1. The molecule has 1 aliphatic rings. The number of benzene rings is 2. The van der Waals surface area contributed by atoms with Crippen LogP contribution in [0.2, 0.25) is 0 Å². The van der Waals surface area contributed by atoms with E-state index < -0.39 is 0 Å². The molecular formula is C23H24N4O2S. The number of morpholine rings is 1. The number of nitrogens with zero attached hydrogens (tertiary/aromatic N) is 4. The van der Waals surface area contributed by atoms with Gasteiger partial charge in [-0.1, -0.05) is 79.3 Å². The van der Waals surface area contributed by atoms with Gasteiger partial charge < -0.3 is 9.64 Å². The van der Waals surface area contributed by atoms with Crippen LogP contribution >= 0.6 is 11.8 Å². The van der Waals surface area contributed by atoms with Crippen LogP contribution in [-0.4, -0.2) is 57.5 Å². The molecule has 1 saturated heterocycles. The standard InChI is InChI=1S/C23H24N4O2S/c1-2-19-15-27(13-14-29-19)20(28)16-30-23-24-21(17-9-5-3-6-10-17)22(25-26-23)18-11-7-4-8-12-18/h3-12,19H,2,13-16H2,1H3. The van der Waals surface area contributed by atoms with E-state index in [4.69, 9.17) is 9.72 Å². The second-order valence-electron chi connectivity index (χ2n) is 7.05. The van der Waals surface area contributed by atoms with Gasteiger partial charge in [0.2, 0.25) is 11.1 Å². The topological polar surface area (TPSA) is 68.2 Å². The Morgan fingerprint density at radius 3 is 2.37 bits per heavy atom. The summed E-state index contributed by atoms with van der Waals surface area (Å²) in [5, 5.41) is 9.26. The summed E-state index contributed by atoms with van der Waals surface area (Å²) in [6.45, 7) is 3.96. The van der Waals surface area contributed by atoms with Crippen molar-refractivity contribution in [2.45, 2.75) is 24.6 Å². The van der Waals surface area contributed by atoms with Crippen molar-refractivity contribution in [1.82, 2.24) is 20.1 Å². The second-order valence-corrected chi connectivity index (χ2v) is 8.00. The Kier molecular flexibility index (Phi) is 6.71. The summed E-state index contributed by atoms with van der Waals surface area (Å²) in [4.78, 5) is 19.3. The number of aromatic nitrogens is 3. The highest BCUT2D eigenvalue weighted by atomic mass is 32.2. The summed E-state index contributed by atoms with van der Waals surface area (Å²) < 4.78 is 5.65. The molecule has 1 aliphatic heterocycles. The number of amides is 1. The van der Waals surface area contributed by atoms with Gasteiger partial charge in [0.1, 0.15) is 11.4 Å². The summed E-state index contributed by atoms with van der Waals surface area (Å²) in [5.74, 6) is 0.371. The molecule has 7 heteroatoms. The average Bonchev–Trinajstić information content (AvgIpc) is 2.83. The maximum atomic E-state index is 12.6. The number of hydrogen-bond donors (Lipinski definition) is 0. The van der Waals surface area contributed by atoms with Crippen LogP contribution in [0.4, 0.5) is 0 Å². The minimum Gasteiger partial charge on any atom is -0.375 e. The Morgan fingerprint density at radius 1 is 1.03 bits per heavy atom. The van der Waals surface area contributed by atoms with E-state index in [2.05, 4.69) is 17.1 Å². The SMILES string of the molecule is CCC1CN(C(=O)CSc2nnc(-c3ccccc3)c(-c3ccccc3)n2)CCO1. The minimum atomic E-state index is 0.0822. The highest BCUT2D eigenvalue weighted by molar-refractivity contribution is 7.99. The van der Waals surface area contributed by atoms with Gasteiger partial charge in [0, 0.05) is 24.2 Å². The zero-order valence-corrected chi connectivity index (χ0v) is 17.7. The van der Waals surface area contributed by atoms with Crippen LogP contribution in [0, 0.1) is 0 Å². The largest absolute Gasteiger partial charge is 0.375 e. The lowest BCUT2D eigenvalue weighted by atomic mass is 10.0.